The maximum Gasteiger partial charge on any atom is 0.342 e. The lowest BCUT2D eigenvalue weighted by molar-refractivity contribution is -0.329. The molecule has 1 rings (SSSR count). The molecule has 3 heteroatoms. The Bertz CT molecular complexity index is 402. The van der Waals surface area contributed by atoms with Gasteiger partial charge >= 0.3 is 5.97 Å². The van der Waals surface area contributed by atoms with Gasteiger partial charge in [-0.3, -0.25) is 4.89 Å². The summed E-state index contributed by atoms with van der Waals surface area (Å²) in [5.41, 5.74) is 0.450. The number of rotatable bonds is 5. The third-order valence-corrected chi connectivity index (χ3v) is 2.89. The first-order chi connectivity index (χ1) is 8.71. The van der Waals surface area contributed by atoms with Gasteiger partial charge in [0.15, 0.2) is 0 Å². The first-order valence-corrected chi connectivity index (χ1v) is 6.65. The molecule has 3 nitrogen and oxygen atoms in total. The Balaban J connectivity index is 2.45. The molecule has 19 heavy (non-hydrogen) atoms. The first kappa shape index (κ1) is 15.7. The largest absolute Gasteiger partial charge is 0.342 e. The Labute approximate surface area is 115 Å². The van der Waals surface area contributed by atoms with Gasteiger partial charge in [-0.1, -0.05) is 51.1 Å². The maximum absolute atomic E-state index is 11.6. The number of carbonyl (C=O) groups excluding carboxylic acids is 1. The molecule has 0 saturated carbocycles. The number of carbonyl (C=O) groups is 1. The minimum Gasteiger partial charge on any atom is -0.297 e. The zero-order chi connectivity index (χ0) is 14.5. The molecule has 0 N–H and O–H groups in total. The lowest BCUT2D eigenvalue weighted by atomic mass is 9.91. The van der Waals surface area contributed by atoms with Crippen LogP contribution in [0.15, 0.2) is 30.3 Å². The molecule has 0 aliphatic rings. The van der Waals surface area contributed by atoms with Crippen LogP contribution in [0.1, 0.15) is 53.0 Å². The molecule has 0 unspecified atom stereocenters. The molecule has 0 saturated heterocycles. The molecule has 1 aromatic rings. The predicted molar refractivity (Wildman–Crippen MR) is 75.3 cm³/mol. The molecular weight excluding hydrogens is 240 g/mol. The van der Waals surface area contributed by atoms with E-state index in [9.17, 15) is 4.79 Å². The van der Waals surface area contributed by atoms with Crippen molar-refractivity contribution in [2.75, 3.05) is 0 Å². The summed E-state index contributed by atoms with van der Waals surface area (Å²) in [4.78, 5) is 21.8. The van der Waals surface area contributed by atoms with E-state index in [0.29, 0.717) is 6.42 Å². The highest BCUT2D eigenvalue weighted by Crippen LogP contribution is 2.25. The average Bonchev–Trinajstić information content (AvgIpc) is 2.34. The van der Waals surface area contributed by atoms with E-state index in [1.807, 2.05) is 44.2 Å². The van der Waals surface area contributed by atoms with Crippen molar-refractivity contribution in [1.82, 2.24) is 0 Å². The van der Waals surface area contributed by atoms with Gasteiger partial charge in [0, 0.05) is 6.42 Å². The Kier molecular flexibility index (Phi) is 5.12. The lowest BCUT2D eigenvalue weighted by Crippen LogP contribution is -2.24. The van der Waals surface area contributed by atoms with Crippen LogP contribution in [0.2, 0.25) is 0 Å². The highest BCUT2D eigenvalue weighted by Gasteiger charge is 2.25. The quantitative estimate of drug-likeness (QED) is 0.590. The van der Waals surface area contributed by atoms with Crippen LogP contribution in [-0.4, -0.2) is 5.97 Å². The fourth-order valence-electron chi connectivity index (χ4n) is 1.56. The van der Waals surface area contributed by atoms with Gasteiger partial charge in [0.1, 0.15) is 5.60 Å². The van der Waals surface area contributed by atoms with Crippen LogP contribution in [-0.2, 0) is 20.2 Å². The van der Waals surface area contributed by atoms with Crippen molar-refractivity contribution in [2.24, 2.45) is 5.41 Å². The molecule has 0 atom stereocenters. The summed E-state index contributed by atoms with van der Waals surface area (Å²) >= 11 is 0. The second kappa shape index (κ2) is 6.20. The van der Waals surface area contributed by atoms with E-state index in [2.05, 4.69) is 20.8 Å². The van der Waals surface area contributed by atoms with E-state index in [1.165, 1.54) is 0 Å². The van der Waals surface area contributed by atoms with E-state index in [0.717, 1.165) is 12.0 Å². The van der Waals surface area contributed by atoms with Gasteiger partial charge in [-0.05, 0) is 31.2 Å². The molecule has 0 aliphatic heterocycles. The predicted octanol–water partition coefficient (Wildman–Crippen LogP) is 4.22. The molecule has 0 fully saturated rings. The Morgan fingerprint density at radius 1 is 1.05 bits per heavy atom. The molecule has 1 aromatic carbocycles. The normalized spacial score (nSPS) is 12.3. The summed E-state index contributed by atoms with van der Waals surface area (Å²) in [5, 5.41) is 0. The zero-order valence-corrected chi connectivity index (χ0v) is 12.5. The molecule has 0 amide bonds. The number of hydrogen-bond acceptors (Lipinski definition) is 3. The third kappa shape index (κ3) is 5.88. The van der Waals surface area contributed by atoms with Crippen LogP contribution in [0.25, 0.3) is 0 Å². The van der Waals surface area contributed by atoms with Crippen LogP contribution < -0.4 is 0 Å². The fraction of sp³-hybridized carbons (Fsp3) is 0.562. The van der Waals surface area contributed by atoms with Crippen molar-refractivity contribution in [3.05, 3.63) is 35.9 Å². The van der Waals surface area contributed by atoms with Gasteiger partial charge in [0.25, 0.3) is 0 Å². The van der Waals surface area contributed by atoms with Gasteiger partial charge < -0.3 is 0 Å². The van der Waals surface area contributed by atoms with Crippen LogP contribution in [0, 0.1) is 5.41 Å². The van der Waals surface area contributed by atoms with E-state index in [1.54, 1.807) is 0 Å². The summed E-state index contributed by atoms with van der Waals surface area (Å²) in [7, 11) is 0. The van der Waals surface area contributed by atoms with Crippen molar-refractivity contribution in [3.63, 3.8) is 0 Å². The average molecular weight is 264 g/mol. The molecule has 0 bridgehead atoms. The zero-order valence-electron chi connectivity index (χ0n) is 12.5. The molecule has 0 heterocycles. The third-order valence-electron chi connectivity index (χ3n) is 2.89. The van der Waals surface area contributed by atoms with E-state index in [4.69, 9.17) is 9.78 Å². The summed E-state index contributed by atoms with van der Waals surface area (Å²) in [6.45, 7) is 10.0. The lowest BCUT2D eigenvalue weighted by Gasteiger charge is -2.23. The minimum atomic E-state index is -0.640. The van der Waals surface area contributed by atoms with Crippen molar-refractivity contribution >= 4 is 5.97 Å². The molecule has 0 radical (unpaired) electrons. The molecular formula is C16H24O3. The fourth-order valence-corrected chi connectivity index (χ4v) is 1.56. The Morgan fingerprint density at radius 2 is 1.63 bits per heavy atom. The highest BCUT2D eigenvalue weighted by molar-refractivity contribution is 5.68. The first-order valence-electron chi connectivity index (χ1n) is 6.65. The van der Waals surface area contributed by atoms with Crippen LogP contribution in [0.4, 0.5) is 0 Å². The summed E-state index contributed by atoms with van der Waals surface area (Å²) in [6, 6.07) is 9.70. The SMILES string of the molecule is CC(C)(C)CCC(=O)OOC(C)(C)c1ccccc1. The maximum atomic E-state index is 11.6. The number of benzene rings is 1. The summed E-state index contributed by atoms with van der Waals surface area (Å²) in [5.74, 6) is -0.320. The van der Waals surface area contributed by atoms with E-state index in [-0.39, 0.29) is 11.4 Å². The molecule has 0 spiro atoms. The van der Waals surface area contributed by atoms with E-state index >= 15 is 0 Å². The van der Waals surface area contributed by atoms with Crippen LogP contribution in [0.5, 0.6) is 0 Å². The van der Waals surface area contributed by atoms with Gasteiger partial charge in [-0.2, -0.15) is 4.89 Å². The second-order valence-electron chi connectivity index (χ2n) is 6.48. The standard InChI is InChI=1S/C16H24O3/c1-15(2,3)12-11-14(17)18-19-16(4,5)13-9-7-6-8-10-13/h6-10H,11-12H2,1-5H3. The molecule has 0 aromatic heterocycles. The highest BCUT2D eigenvalue weighted by atomic mass is 17.2. The topological polar surface area (TPSA) is 35.5 Å². The molecule has 0 aliphatic carbocycles. The minimum absolute atomic E-state index is 0.119. The van der Waals surface area contributed by atoms with Crippen molar-refractivity contribution in [3.8, 4) is 0 Å². The monoisotopic (exact) mass is 264 g/mol. The van der Waals surface area contributed by atoms with Crippen molar-refractivity contribution in [2.45, 2.75) is 53.1 Å². The summed E-state index contributed by atoms with van der Waals surface area (Å²) < 4.78 is 0. The molecule has 106 valence electrons. The van der Waals surface area contributed by atoms with Crippen LogP contribution >= 0.6 is 0 Å². The van der Waals surface area contributed by atoms with Crippen molar-refractivity contribution < 1.29 is 14.6 Å². The Morgan fingerprint density at radius 3 is 2.16 bits per heavy atom. The summed E-state index contributed by atoms with van der Waals surface area (Å²) in [6.07, 6.45) is 1.15. The second-order valence-corrected chi connectivity index (χ2v) is 6.48. The Hall–Kier alpha value is -1.35. The van der Waals surface area contributed by atoms with Crippen molar-refractivity contribution in [1.29, 1.82) is 0 Å². The van der Waals surface area contributed by atoms with E-state index < -0.39 is 5.60 Å². The number of hydrogen-bond donors (Lipinski definition) is 0. The van der Waals surface area contributed by atoms with Gasteiger partial charge in [0.2, 0.25) is 0 Å². The van der Waals surface area contributed by atoms with Crippen LogP contribution in [0.3, 0.4) is 0 Å². The smallest absolute Gasteiger partial charge is 0.297 e. The van der Waals surface area contributed by atoms with Gasteiger partial charge in [-0.15, -0.1) is 0 Å². The van der Waals surface area contributed by atoms with Gasteiger partial charge in [0.05, 0.1) is 0 Å². The van der Waals surface area contributed by atoms with Gasteiger partial charge in [-0.25, -0.2) is 4.79 Å².